The first kappa shape index (κ1) is 12.6. The normalized spacial score (nSPS) is 26.9. The summed E-state index contributed by atoms with van der Waals surface area (Å²) in [6.07, 6.45) is 2.45. The first-order chi connectivity index (χ1) is 9.25. The van der Waals surface area contributed by atoms with Gasteiger partial charge < -0.3 is 15.4 Å². The van der Waals surface area contributed by atoms with Crippen molar-refractivity contribution >= 4 is 5.91 Å². The van der Waals surface area contributed by atoms with Crippen molar-refractivity contribution in [3.8, 4) is 0 Å². The van der Waals surface area contributed by atoms with Gasteiger partial charge in [-0.1, -0.05) is 24.3 Å². The molecule has 1 aromatic carbocycles. The predicted octanol–water partition coefficient (Wildman–Crippen LogP) is 1.25. The Morgan fingerprint density at radius 2 is 2.21 bits per heavy atom. The second-order valence-electron chi connectivity index (χ2n) is 5.39. The van der Waals surface area contributed by atoms with E-state index in [1.54, 1.807) is 0 Å². The molecule has 4 heteroatoms. The molecule has 0 saturated carbocycles. The van der Waals surface area contributed by atoms with Crippen molar-refractivity contribution in [2.75, 3.05) is 19.7 Å². The molecule has 0 aromatic heterocycles. The van der Waals surface area contributed by atoms with Crippen LogP contribution in [0.1, 0.15) is 30.1 Å². The first-order valence-electron chi connectivity index (χ1n) is 6.99. The number of fused-ring (bicyclic) bond motifs is 1. The van der Waals surface area contributed by atoms with Gasteiger partial charge in [0, 0.05) is 19.1 Å². The maximum atomic E-state index is 12.6. The minimum atomic E-state index is -0.435. The van der Waals surface area contributed by atoms with Gasteiger partial charge in [-0.05, 0) is 30.4 Å². The van der Waals surface area contributed by atoms with Crippen molar-refractivity contribution in [2.45, 2.75) is 31.4 Å². The Balaban J connectivity index is 1.81. The molecule has 2 heterocycles. The maximum absolute atomic E-state index is 12.6. The van der Waals surface area contributed by atoms with Crippen molar-refractivity contribution in [1.29, 1.82) is 0 Å². The number of likely N-dealkylation sites (tertiary alicyclic amines) is 1. The molecule has 2 atom stereocenters. The van der Waals surface area contributed by atoms with E-state index >= 15 is 0 Å². The zero-order valence-corrected chi connectivity index (χ0v) is 11.0. The summed E-state index contributed by atoms with van der Waals surface area (Å²) in [5.74, 6) is 0.0716. The third-order valence-electron chi connectivity index (χ3n) is 3.99. The van der Waals surface area contributed by atoms with Gasteiger partial charge in [0.25, 0.3) is 5.91 Å². The van der Waals surface area contributed by atoms with Gasteiger partial charge in [0.05, 0.1) is 6.61 Å². The standard InChI is InChI=1S/C15H20N2O2/c16-12-5-3-8-17(10-12)15(18)14-13-6-2-1-4-11(13)7-9-19-14/h1-2,4,6,12,14H,3,5,7-10,16H2. The highest BCUT2D eigenvalue weighted by Gasteiger charge is 2.32. The smallest absolute Gasteiger partial charge is 0.256 e. The van der Waals surface area contributed by atoms with Crippen LogP contribution in [-0.2, 0) is 16.0 Å². The zero-order valence-electron chi connectivity index (χ0n) is 11.0. The second kappa shape index (κ2) is 5.31. The van der Waals surface area contributed by atoms with Crippen molar-refractivity contribution in [2.24, 2.45) is 5.73 Å². The molecule has 2 aliphatic heterocycles. The highest BCUT2D eigenvalue weighted by Crippen LogP contribution is 2.29. The molecule has 1 amide bonds. The Morgan fingerprint density at radius 3 is 3.05 bits per heavy atom. The first-order valence-corrected chi connectivity index (χ1v) is 6.99. The molecule has 1 saturated heterocycles. The summed E-state index contributed by atoms with van der Waals surface area (Å²) in [4.78, 5) is 14.5. The fourth-order valence-corrected chi connectivity index (χ4v) is 2.97. The number of hydrogen-bond acceptors (Lipinski definition) is 3. The van der Waals surface area contributed by atoms with Crippen LogP contribution in [0.4, 0.5) is 0 Å². The van der Waals surface area contributed by atoms with E-state index in [1.807, 2.05) is 23.1 Å². The van der Waals surface area contributed by atoms with Crippen molar-refractivity contribution < 1.29 is 9.53 Å². The Kier molecular flexibility index (Phi) is 3.53. The minimum absolute atomic E-state index is 0.0716. The highest BCUT2D eigenvalue weighted by molar-refractivity contribution is 5.83. The Labute approximate surface area is 113 Å². The van der Waals surface area contributed by atoms with Crippen molar-refractivity contribution in [3.63, 3.8) is 0 Å². The van der Waals surface area contributed by atoms with E-state index in [4.69, 9.17) is 10.5 Å². The summed E-state index contributed by atoms with van der Waals surface area (Å²) < 4.78 is 5.72. The van der Waals surface area contributed by atoms with Gasteiger partial charge in [-0.15, -0.1) is 0 Å². The summed E-state index contributed by atoms with van der Waals surface area (Å²) in [5, 5.41) is 0. The summed E-state index contributed by atoms with van der Waals surface area (Å²) in [6.45, 7) is 2.07. The molecule has 0 bridgehead atoms. The highest BCUT2D eigenvalue weighted by atomic mass is 16.5. The van der Waals surface area contributed by atoms with Gasteiger partial charge in [-0.3, -0.25) is 4.79 Å². The summed E-state index contributed by atoms with van der Waals surface area (Å²) in [5.41, 5.74) is 8.21. The lowest BCUT2D eigenvalue weighted by atomic mass is 9.96. The average Bonchev–Trinajstić information content (AvgIpc) is 2.46. The molecule has 2 aliphatic rings. The molecular weight excluding hydrogens is 240 g/mol. The van der Waals surface area contributed by atoms with E-state index in [-0.39, 0.29) is 11.9 Å². The second-order valence-corrected chi connectivity index (χ2v) is 5.39. The van der Waals surface area contributed by atoms with Crippen LogP contribution in [0.25, 0.3) is 0 Å². The molecule has 2 N–H and O–H groups in total. The molecule has 1 aromatic rings. The molecule has 19 heavy (non-hydrogen) atoms. The minimum Gasteiger partial charge on any atom is -0.363 e. The molecular formula is C15H20N2O2. The molecule has 102 valence electrons. The third-order valence-corrected chi connectivity index (χ3v) is 3.99. The van der Waals surface area contributed by atoms with Crippen LogP contribution in [0.3, 0.4) is 0 Å². The van der Waals surface area contributed by atoms with Gasteiger partial charge in [0.1, 0.15) is 0 Å². The monoisotopic (exact) mass is 260 g/mol. The Morgan fingerprint density at radius 1 is 1.37 bits per heavy atom. The topological polar surface area (TPSA) is 55.6 Å². The Hall–Kier alpha value is -1.39. The van der Waals surface area contributed by atoms with E-state index in [0.29, 0.717) is 13.2 Å². The third kappa shape index (κ3) is 2.51. The summed E-state index contributed by atoms with van der Waals surface area (Å²) in [6, 6.07) is 8.18. The lowest BCUT2D eigenvalue weighted by molar-refractivity contribution is -0.146. The molecule has 4 nitrogen and oxygen atoms in total. The summed E-state index contributed by atoms with van der Waals surface area (Å²) >= 11 is 0. The van der Waals surface area contributed by atoms with E-state index in [0.717, 1.165) is 31.4 Å². The van der Waals surface area contributed by atoms with Crippen molar-refractivity contribution in [1.82, 2.24) is 4.90 Å². The van der Waals surface area contributed by atoms with Crippen LogP contribution in [0.2, 0.25) is 0 Å². The van der Waals surface area contributed by atoms with Crippen LogP contribution in [0, 0.1) is 0 Å². The van der Waals surface area contributed by atoms with E-state index in [1.165, 1.54) is 5.56 Å². The lowest BCUT2D eigenvalue weighted by Crippen LogP contribution is -2.48. The molecule has 0 aliphatic carbocycles. The van der Waals surface area contributed by atoms with Crippen LogP contribution in [0.15, 0.2) is 24.3 Å². The van der Waals surface area contributed by atoms with E-state index in [2.05, 4.69) is 6.07 Å². The molecule has 2 unspecified atom stereocenters. The largest absolute Gasteiger partial charge is 0.363 e. The van der Waals surface area contributed by atoms with Gasteiger partial charge in [-0.25, -0.2) is 0 Å². The van der Waals surface area contributed by atoms with E-state index < -0.39 is 6.10 Å². The number of benzene rings is 1. The number of carbonyl (C=O) groups is 1. The van der Waals surface area contributed by atoms with Gasteiger partial charge in [0.2, 0.25) is 0 Å². The van der Waals surface area contributed by atoms with Gasteiger partial charge in [-0.2, -0.15) is 0 Å². The van der Waals surface area contributed by atoms with Crippen LogP contribution in [-0.4, -0.2) is 36.5 Å². The van der Waals surface area contributed by atoms with Crippen molar-refractivity contribution in [3.05, 3.63) is 35.4 Å². The van der Waals surface area contributed by atoms with Crippen LogP contribution >= 0.6 is 0 Å². The van der Waals surface area contributed by atoms with Crippen LogP contribution in [0.5, 0.6) is 0 Å². The molecule has 0 radical (unpaired) electrons. The predicted molar refractivity (Wildman–Crippen MR) is 72.6 cm³/mol. The van der Waals surface area contributed by atoms with Crippen LogP contribution < -0.4 is 5.73 Å². The fourth-order valence-electron chi connectivity index (χ4n) is 2.97. The van der Waals surface area contributed by atoms with Gasteiger partial charge in [0.15, 0.2) is 6.10 Å². The number of ether oxygens (including phenoxy) is 1. The average molecular weight is 260 g/mol. The molecule has 1 fully saturated rings. The number of hydrogen-bond donors (Lipinski definition) is 1. The number of amides is 1. The quantitative estimate of drug-likeness (QED) is 0.827. The summed E-state index contributed by atoms with van der Waals surface area (Å²) in [7, 11) is 0. The molecule has 3 rings (SSSR count). The number of rotatable bonds is 1. The maximum Gasteiger partial charge on any atom is 0.256 e. The lowest BCUT2D eigenvalue weighted by Gasteiger charge is -2.35. The number of nitrogens with two attached hydrogens (primary N) is 1. The zero-order chi connectivity index (χ0) is 13.2. The number of carbonyl (C=O) groups excluding carboxylic acids is 1. The molecule has 0 spiro atoms. The van der Waals surface area contributed by atoms with Gasteiger partial charge >= 0.3 is 0 Å². The number of nitrogens with zero attached hydrogens (tertiary/aromatic N) is 1. The Bertz CT molecular complexity index is 475. The SMILES string of the molecule is NC1CCCN(C(=O)C2OCCc3ccccc32)C1. The number of piperidine rings is 1. The van der Waals surface area contributed by atoms with E-state index in [9.17, 15) is 4.79 Å². The fraction of sp³-hybridized carbons (Fsp3) is 0.533.